The zero-order valence-electron chi connectivity index (χ0n) is 8.77. The lowest BCUT2D eigenvalue weighted by Crippen LogP contribution is -2.23. The van der Waals surface area contributed by atoms with Gasteiger partial charge in [-0.2, -0.15) is 0 Å². The number of halogens is 1. The Balaban J connectivity index is 1.92. The maximum atomic E-state index is 13.4. The van der Waals surface area contributed by atoms with Gasteiger partial charge in [0, 0.05) is 25.6 Å². The molecular weight excluding hydrogens is 191 g/mol. The fourth-order valence-corrected chi connectivity index (χ4v) is 2.11. The summed E-state index contributed by atoms with van der Waals surface area (Å²) in [5, 5.41) is 0. The van der Waals surface area contributed by atoms with Crippen LogP contribution in [0.25, 0.3) is 0 Å². The Morgan fingerprint density at radius 3 is 2.60 bits per heavy atom. The van der Waals surface area contributed by atoms with Crippen molar-refractivity contribution in [3.05, 3.63) is 35.9 Å². The minimum atomic E-state index is -0.751. The minimum absolute atomic E-state index is 0.0220. The van der Waals surface area contributed by atoms with Crippen LogP contribution in [-0.2, 0) is 6.54 Å². The fourth-order valence-electron chi connectivity index (χ4n) is 2.11. The van der Waals surface area contributed by atoms with Gasteiger partial charge in [0.05, 0.1) is 0 Å². The van der Waals surface area contributed by atoms with Crippen molar-refractivity contribution in [2.24, 2.45) is 11.7 Å². The number of likely N-dealkylation sites (tertiary alicyclic amines) is 1. The number of alkyl halides is 1. The van der Waals surface area contributed by atoms with Gasteiger partial charge >= 0.3 is 0 Å². The largest absolute Gasteiger partial charge is 0.330 e. The Morgan fingerprint density at radius 1 is 1.27 bits per heavy atom. The van der Waals surface area contributed by atoms with Crippen LogP contribution in [0.15, 0.2) is 30.3 Å². The van der Waals surface area contributed by atoms with Gasteiger partial charge in [-0.15, -0.1) is 0 Å². The Bertz CT molecular complexity index is 302. The SMILES string of the molecule is NC[C@@H]1CN(Cc2ccccc2)C[C@@H]1F. The molecular formula is C12H17FN2. The molecule has 2 rings (SSSR count). The van der Waals surface area contributed by atoms with Crippen molar-refractivity contribution in [3.8, 4) is 0 Å². The molecule has 82 valence electrons. The molecule has 0 aromatic heterocycles. The van der Waals surface area contributed by atoms with Crippen molar-refractivity contribution in [1.82, 2.24) is 4.90 Å². The topological polar surface area (TPSA) is 29.3 Å². The molecule has 0 saturated carbocycles. The van der Waals surface area contributed by atoms with E-state index in [0.717, 1.165) is 13.1 Å². The number of rotatable bonds is 3. The second-order valence-corrected chi connectivity index (χ2v) is 4.19. The molecule has 1 heterocycles. The van der Waals surface area contributed by atoms with E-state index in [9.17, 15) is 4.39 Å². The van der Waals surface area contributed by atoms with Crippen LogP contribution >= 0.6 is 0 Å². The molecule has 0 amide bonds. The van der Waals surface area contributed by atoms with Gasteiger partial charge in [0.2, 0.25) is 0 Å². The van der Waals surface area contributed by atoms with Crippen LogP contribution in [-0.4, -0.2) is 30.7 Å². The summed E-state index contributed by atoms with van der Waals surface area (Å²) in [5.41, 5.74) is 6.75. The lowest BCUT2D eigenvalue weighted by Gasteiger charge is -2.14. The molecule has 1 aromatic rings. The Kier molecular flexibility index (Phi) is 3.34. The van der Waals surface area contributed by atoms with Gasteiger partial charge in [0.1, 0.15) is 6.17 Å². The molecule has 1 aliphatic rings. The molecule has 2 nitrogen and oxygen atoms in total. The van der Waals surface area contributed by atoms with Gasteiger partial charge in [-0.05, 0) is 12.1 Å². The van der Waals surface area contributed by atoms with Crippen molar-refractivity contribution >= 4 is 0 Å². The molecule has 3 heteroatoms. The van der Waals surface area contributed by atoms with E-state index in [1.165, 1.54) is 5.56 Å². The van der Waals surface area contributed by atoms with Gasteiger partial charge in [-0.1, -0.05) is 30.3 Å². The molecule has 0 unspecified atom stereocenters. The molecule has 1 aromatic carbocycles. The first-order valence-corrected chi connectivity index (χ1v) is 5.40. The van der Waals surface area contributed by atoms with E-state index in [-0.39, 0.29) is 5.92 Å². The van der Waals surface area contributed by atoms with E-state index in [1.54, 1.807) is 0 Å². The van der Waals surface area contributed by atoms with Gasteiger partial charge in [-0.3, -0.25) is 4.90 Å². The van der Waals surface area contributed by atoms with E-state index in [4.69, 9.17) is 5.73 Å². The molecule has 0 radical (unpaired) electrons. The van der Waals surface area contributed by atoms with Crippen molar-refractivity contribution in [3.63, 3.8) is 0 Å². The summed E-state index contributed by atoms with van der Waals surface area (Å²) in [6.07, 6.45) is -0.751. The number of hydrogen-bond acceptors (Lipinski definition) is 2. The molecule has 2 atom stereocenters. The van der Waals surface area contributed by atoms with E-state index in [2.05, 4.69) is 17.0 Å². The highest BCUT2D eigenvalue weighted by Crippen LogP contribution is 2.20. The number of nitrogens with zero attached hydrogens (tertiary/aromatic N) is 1. The first-order chi connectivity index (χ1) is 7.29. The second-order valence-electron chi connectivity index (χ2n) is 4.19. The molecule has 2 N–H and O–H groups in total. The molecule has 0 aliphatic carbocycles. The Labute approximate surface area is 89.9 Å². The second kappa shape index (κ2) is 4.73. The fraction of sp³-hybridized carbons (Fsp3) is 0.500. The standard InChI is InChI=1S/C12H17FN2/c13-12-9-15(8-11(12)6-14)7-10-4-2-1-3-5-10/h1-5,11-12H,6-9,14H2/t11-,12+/m1/s1. The van der Waals surface area contributed by atoms with Crippen LogP contribution in [0.3, 0.4) is 0 Å². The molecule has 1 aliphatic heterocycles. The smallest absolute Gasteiger partial charge is 0.118 e. The molecule has 0 spiro atoms. The summed E-state index contributed by atoms with van der Waals surface area (Å²) in [4.78, 5) is 2.14. The summed E-state index contributed by atoms with van der Waals surface area (Å²) in [6, 6.07) is 10.2. The lowest BCUT2D eigenvalue weighted by molar-refractivity contribution is 0.271. The maximum absolute atomic E-state index is 13.4. The summed E-state index contributed by atoms with van der Waals surface area (Å²) in [5.74, 6) is 0.0220. The Hall–Kier alpha value is -0.930. The maximum Gasteiger partial charge on any atom is 0.118 e. The highest BCUT2D eigenvalue weighted by molar-refractivity contribution is 5.14. The lowest BCUT2D eigenvalue weighted by atomic mass is 10.1. The third-order valence-corrected chi connectivity index (χ3v) is 2.99. The average molecular weight is 208 g/mol. The van der Waals surface area contributed by atoms with Gasteiger partial charge in [-0.25, -0.2) is 4.39 Å². The van der Waals surface area contributed by atoms with Gasteiger partial charge < -0.3 is 5.73 Å². The Morgan fingerprint density at radius 2 is 2.00 bits per heavy atom. The number of nitrogens with two attached hydrogens (primary N) is 1. The normalized spacial score (nSPS) is 27.1. The van der Waals surface area contributed by atoms with E-state index in [1.807, 2.05) is 18.2 Å². The third kappa shape index (κ3) is 2.55. The van der Waals surface area contributed by atoms with Gasteiger partial charge in [0.25, 0.3) is 0 Å². The number of benzene rings is 1. The zero-order valence-corrected chi connectivity index (χ0v) is 8.77. The minimum Gasteiger partial charge on any atom is -0.330 e. The molecule has 1 fully saturated rings. The predicted molar refractivity (Wildman–Crippen MR) is 59.2 cm³/mol. The van der Waals surface area contributed by atoms with Gasteiger partial charge in [0.15, 0.2) is 0 Å². The monoisotopic (exact) mass is 208 g/mol. The van der Waals surface area contributed by atoms with Crippen LogP contribution in [0.5, 0.6) is 0 Å². The molecule has 1 saturated heterocycles. The predicted octanol–water partition coefficient (Wildman–Crippen LogP) is 1.42. The van der Waals surface area contributed by atoms with Crippen LogP contribution in [0.2, 0.25) is 0 Å². The summed E-state index contributed by atoms with van der Waals surface area (Å²) in [6.45, 7) is 2.59. The van der Waals surface area contributed by atoms with Crippen molar-refractivity contribution in [1.29, 1.82) is 0 Å². The molecule has 0 bridgehead atoms. The highest BCUT2D eigenvalue weighted by Gasteiger charge is 2.31. The average Bonchev–Trinajstić information content (AvgIpc) is 2.60. The van der Waals surface area contributed by atoms with E-state index >= 15 is 0 Å². The van der Waals surface area contributed by atoms with Crippen LogP contribution in [0.4, 0.5) is 4.39 Å². The molecule has 15 heavy (non-hydrogen) atoms. The number of hydrogen-bond donors (Lipinski definition) is 1. The summed E-state index contributed by atoms with van der Waals surface area (Å²) >= 11 is 0. The van der Waals surface area contributed by atoms with Crippen molar-refractivity contribution < 1.29 is 4.39 Å². The zero-order chi connectivity index (χ0) is 10.7. The summed E-state index contributed by atoms with van der Waals surface area (Å²) < 4.78 is 13.4. The summed E-state index contributed by atoms with van der Waals surface area (Å²) in [7, 11) is 0. The van der Waals surface area contributed by atoms with E-state index < -0.39 is 6.17 Å². The third-order valence-electron chi connectivity index (χ3n) is 2.99. The highest BCUT2D eigenvalue weighted by atomic mass is 19.1. The van der Waals surface area contributed by atoms with Crippen LogP contribution in [0, 0.1) is 5.92 Å². The first-order valence-electron chi connectivity index (χ1n) is 5.40. The van der Waals surface area contributed by atoms with Crippen molar-refractivity contribution in [2.75, 3.05) is 19.6 Å². The quantitative estimate of drug-likeness (QED) is 0.814. The van der Waals surface area contributed by atoms with Crippen LogP contribution < -0.4 is 5.73 Å². The van der Waals surface area contributed by atoms with E-state index in [0.29, 0.717) is 13.1 Å². The van der Waals surface area contributed by atoms with Crippen LogP contribution in [0.1, 0.15) is 5.56 Å². The van der Waals surface area contributed by atoms with Crippen molar-refractivity contribution in [2.45, 2.75) is 12.7 Å². The first kappa shape index (κ1) is 10.6.